The largest absolute Gasteiger partial charge is 0.465 e. The number of nitrogens with two attached hydrogens (primary N) is 1. The topological polar surface area (TPSA) is 139 Å². The molecule has 0 spiro atoms. The molecule has 1 aromatic carbocycles. The minimum atomic E-state index is -0.549. The van der Waals surface area contributed by atoms with Crippen molar-refractivity contribution >= 4 is 39.1 Å². The van der Waals surface area contributed by atoms with Crippen molar-refractivity contribution in [1.29, 1.82) is 0 Å². The van der Waals surface area contributed by atoms with Gasteiger partial charge in [0.1, 0.15) is 12.4 Å². The first-order valence-corrected chi connectivity index (χ1v) is 16.0. The number of fused-ring (bicyclic) bond motifs is 1. The van der Waals surface area contributed by atoms with E-state index in [4.69, 9.17) is 29.4 Å². The van der Waals surface area contributed by atoms with Gasteiger partial charge in [0.05, 0.1) is 60.4 Å². The van der Waals surface area contributed by atoms with E-state index in [1.807, 2.05) is 23.1 Å². The minimum absolute atomic E-state index is 0.0154. The van der Waals surface area contributed by atoms with E-state index in [1.165, 1.54) is 23.5 Å². The summed E-state index contributed by atoms with van der Waals surface area (Å²) >= 11 is 1.44. The predicted molar refractivity (Wildman–Crippen MR) is 175 cm³/mol. The van der Waals surface area contributed by atoms with Gasteiger partial charge in [-0.2, -0.15) is 0 Å². The fourth-order valence-electron chi connectivity index (χ4n) is 4.93. The van der Waals surface area contributed by atoms with Crippen LogP contribution >= 0.6 is 11.3 Å². The lowest BCUT2D eigenvalue weighted by molar-refractivity contribution is -0.149. The second kappa shape index (κ2) is 16.6. The monoisotopic (exact) mass is 667 g/mol. The molecular weight excluding hydrogens is 629 g/mol. The highest BCUT2D eigenvalue weighted by molar-refractivity contribution is 7.22. The summed E-state index contributed by atoms with van der Waals surface area (Å²) in [6.07, 6.45) is 3.39. The van der Waals surface area contributed by atoms with Crippen LogP contribution in [0.1, 0.15) is 12.5 Å². The van der Waals surface area contributed by atoms with Crippen molar-refractivity contribution < 1.29 is 37.7 Å². The number of amides is 1. The van der Waals surface area contributed by atoms with Gasteiger partial charge in [-0.1, -0.05) is 6.07 Å². The number of carbonyl (C=O) groups is 2. The average Bonchev–Trinajstić information content (AvgIpc) is 3.47. The molecule has 1 aliphatic heterocycles. The Balaban J connectivity index is 1.20. The Hall–Kier alpha value is -4.21. The third kappa shape index (κ3) is 9.20. The zero-order chi connectivity index (χ0) is 33.2. The average molecular weight is 668 g/mol. The van der Waals surface area contributed by atoms with Crippen LogP contribution in [0.25, 0.3) is 20.8 Å². The van der Waals surface area contributed by atoms with Crippen molar-refractivity contribution in [3.63, 3.8) is 0 Å². The van der Waals surface area contributed by atoms with Crippen molar-refractivity contribution in [3.05, 3.63) is 66.2 Å². The van der Waals surface area contributed by atoms with Gasteiger partial charge in [-0.05, 0) is 36.8 Å². The molecule has 1 fully saturated rings. The number of halogens is 1. The number of nitrogens with zero attached hydrogens (tertiary/aromatic N) is 4. The molecule has 0 saturated carbocycles. The van der Waals surface area contributed by atoms with Gasteiger partial charge >= 0.3 is 5.97 Å². The molecule has 1 amide bonds. The zero-order valence-corrected chi connectivity index (χ0v) is 27.2. The first-order chi connectivity index (χ1) is 22.8. The number of aromatic nitrogens is 2. The predicted octanol–water partition coefficient (Wildman–Crippen LogP) is 4.13. The number of ether oxygens (including phenoxy) is 5. The van der Waals surface area contributed by atoms with Crippen molar-refractivity contribution in [1.82, 2.24) is 19.8 Å². The van der Waals surface area contributed by atoms with Crippen LogP contribution in [0.5, 0.6) is 11.5 Å². The Kier molecular flexibility index (Phi) is 12.0. The van der Waals surface area contributed by atoms with Gasteiger partial charge in [0.15, 0.2) is 11.6 Å². The highest BCUT2D eigenvalue weighted by Crippen LogP contribution is 2.39. The van der Waals surface area contributed by atoms with Crippen molar-refractivity contribution in [3.8, 4) is 22.1 Å². The van der Waals surface area contributed by atoms with Gasteiger partial charge < -0.3 is 34.3 Å². The maximum atomic E-state index is 14.4. The van der Waals surface area contributed by atoms with Gasteiger partial charge in [0.25, 0.3) is 0 Å². The van der Waals surface area contributed by atoms with Crippen LogP contribution in [0.15, 0.2) is 54.9 Å². The van der Waals surface area contributed by atoms with Crippen molar-refractivity contribution in [2.45, 2.75) is 19.5 Å². The number of benzene rings is 1. The summed E-state index contributed by atoms with van der Waals surface area (Å²) in [7, 11) is 1.61. The summed E-state index contributed by atoms with van der Waals surface area (Å²) in [6, 6.07) is 11.8. The summed E-state index contributed by atoms with van der Waals surface area (Å²) in [4.78, 5) is 38.7. The molecule has 14 heteroatoms. The van der Waals surface area contributed by atoms with E-state index >= 15 is 0 Å². The van der Waals surface area contributed by atoms with E-state index in [-0.39, 0.29) is 43.4 Å². The normalized spacial score (nSPS) is 13.2. The molecule has 1 saturated heterocycles. The summed E-state index contributed by atoms with van der Waals surface area (Å²) in [5.41, 5.74) is 8.33. The van der Waals surface area contributed by atoms with E-state index in [9.17, 15) is 14.0 Å². The number of hydrogen-bond acceptors (Lipinski definition) is 12. The molecule has 3 aromatic heterocycles. The van der Waals surface area contributed by atoms with Crippen LogP contribution in [-0.2, 0) is 35.1 Å². The van der Waals surface area contributed by atoms with Crippen LogP contribution in [0.4, 0.5) is 10.1 Å². The van der Waals surface area contributed by atoms with Gasteiger partial charge in [-0.3, -0.25) is 24.5 Å². The molecule has 0 radical (unpaired) electrons. The minimum Gasteiger partial charge on any atom is -0.465 e. The number of nitrogen functional groups attached to an aromatic ring is 1. The number of esters is 1. The van der Waals surface area contributed by atoms with E-state index in [1.54, 1.807) is 43.5 Å². The molecular formula is C33H38FN5O7S. The van der Waals surface area contributed by atoms with Gasteiger partial charge in [-0.25, -0.2) is 4.39 Å². The molecule has 5 rings (SSSR count). The molecule has 250 valence electrons. The number of likely N-dealkylation sites (tertiary alicyclic amines) is 1. The Morgan fingerprint density at radius 2 is 1.85 bits per heavy atom. The molecule has 0 bridgehead atoms. The first kappa shape index (κ1) is 34.1. The third-order valence-corrected chi connectivity index (χ3v) is 8.57. The lowest BCUT2D eigenvalue weighted by Crippen LogP contribution is -2.62. The molecule has 1 aliphatic rings. The van der Waals surface area contributed by atoms with Crippen molar-refractivity contribution in [2.75, 3.05) is 72.1 Å². The van der Waals surface area contributed by atoms with Gasteiger partial charge in [0.2, 0.25) is 5.91 Å². The number of carbonyl (C=O) groups excluding carboxylic acids is 2. The van der Waals surface area contributed by atoms with Gasteiger partial charge in [0, 0.05) is 63.0 Å². The highest BCUT2D eigenvalue weighted by atomic mass is 32.1. The Bertz CT molecular complexity index is 1650. The Morgan fingerprint density at radius 3 is 2.60 bits per heavy atom. The maximum absolute atomic E-state index is 14.4. The number of pyridine rings is 2. The molecule has 4 heterocycles. The SMILES string of the molecule is CCOC(=O)CN(Cc1ccc(-c2cc3nccc(Oc4ccc(N)cc4F)c3s2)nc1)C1CN(C(=O)COCCOCCOC)C1. The summed E-state index contributed by atoms with van der Waals surface area (Å²) < 4.78 is 41.9. The molecule has 0 atom stereocenters. The number of rotatable bonds is 17. The molecule has 4 aromatic rings. The lowest BCUT2D eigenvalue weighted by atomic mass is 10.1. The molecule has 0 unspecified atom stereocenters. The summed E-state index contributed by atoms with van der Waals surface area (Å²) in [5.74, 6) is -0.429. The molecule has 12 nitrogen and oxygen atoms in total. The van der Waals surface area contributed by atoms with Gasteiger partial charge in [-0.15, -0.1) is 11.3 Å². The lowest BCUT2D eigenvalue weighted by Gasteiger charge is -2.45. The highest BCUT2D eigenvalue weighted by Gasteiger charge is 2.35. The standard InChI is InChI=1S/C33H38FN5O7S/c1-3-45-32(41)20-38(24-18-39(19-24)31(40)21-44-13-12-43-11-10-42-2)17-22-4-6-26(37-16-22)30-15-27-33(47-30)29(8-9-36-27)46-28-7-5-23(35)14-25(28)34/h4-9,14-16,24H,3,10-13,17-21,35H2,1-2H3. The quantitative estimate of drug-likeness (QED) is 0.0988. The smallest absolute Gasteiger partial charge is 0.320 e. The molecule has 47 heavy (non-hydrogen) atoms. The van der Waals surface area contributed by atoms with E-state index < -0.39 is 5.82 Å². The van der Waals surface area contributed by atoms with Crippen molar-refractivity contribution in [2.24, 2.45) is 0 Å². The second-order valence-corrected chi connectivity index (χ2v) is 11.9. The van der Waals surface area contributed by atoms with Crippen LogP contribution in [0.3, 0.4) is 0 Å². The number of methoxy groups -OCH3 is 1. The number of anilines is 1. The van der Waals surface area contributed by atoms with E-state index in [2.05, 4.69) is 9.97 Å². The summed E-state index contributed by atoms with van der Waals surface area (Å²) in [5, 5.41) is 0. The fourth-order valence-corrected chi connectivity index (χ4v) is 5.97. The van der Waals surface area contributed by atoms with Crippen LogP contribution in [0.2, 0.25) is 0 Å². The number of hydrogen-bond donors (Lipinski definition) is 1. The molecule has 0 aliphatic carbocycles. The Labute approximate surface area is 276 Å². The van der Waals surface area contributed by atoms with E-state index in [0.717, 1.165) is 20.8 Å². The van der Waals surface area contributed by atoms with Crippen LogP contribution in [-0.4, -0.2) is 104 Å². The summed E-state index contributed by atoms with van der Waals surface area (Å²) in [6.45, 7) is 5.24. The maximum Gasteiger partial charge on any atom is 0.320 e. The first-order valence-electron chi connectivity index (χ1n) is 15.2. The fraction of sp³-hybridized carbons (Fsp3) is 0.394. The second-order valence-electron chi connectivity index (χ2n) is 10.8. The van der Waals surface area contributed by atoms with Crippen LogP contribution in [0, 0.1) is 5.82 Å². The Morgan fingerprint density at radius 1 is 1.04 bits per heavy atom. The van der Waals surface area contributed by atoms with E-state index in [0.29, 0.717) is 63.0 Å². The third-order valence-electron chi connectivity index (χ3n) is 7.41. The number of thiophene rings is 1. The van der Waals surface area contributed by atoms with Crippen LogP contribution < -0.4 is 10.5 Å². The zero-order valence-electron chi connectivity index (χ0n) is 26.4. The molecule has 2 N–H and O–H groups in total.